The van der Waals surface area contributed by atoms with Crippen molar-refractivity contribution in [3.05, 3.63) is 58.6 Å². The van der Waals surface area contributed by atoms with Gasteiger partial charge in [-0.3, -0.25) is 0 Å². The van der Waals surface area contributed by atoms with Gasteiger partial charge in [0.2, 0.25) is 0 Å². The van der Waals surface area contributed by atoms with E-state index in [2.05, 4.69) is 27.5 Å². The molecule has 0 amide bonds. The van der Waals surface area contributed by atoms with Gasteiger partial charge in [0.25, 0.3) is 0 Å². The Labute approximate surface area is 158 Å². The minimum absolute atomic E-state index is 0.187. The Morgan fingerprint density at radius 1 is 1.08 bits per heavy atom. The van der Waals surface area contributed by atoms with Gasteiger partial charge in [-0.1, -0.05) is 34.1 Å². The number of methoxy groups -OCH3 is 1. The number of hydrogen-bond donors (Lipinski definition) is 1. The maximum absolute atomic E-state index is 6.02. The van der Waals surface area contributed by atoms with Crippen molar-refractivity contribution in [2.75, 3.05) is 25.6 Å². The number of hydrogen-bond acceptors (Lipinski definition) is 4. The van der Waals surface area contributed by atoms with Gasteiger partial charge in [0.05, 0.1) is 20.3 Å². The van der Waals surface area contributed by atoms with Crippen LogP contribution in [0.5, 0.6) is 5.75 Å². The molecule has 6 heteroatoms. The van der Waals surface area contributed by atoms with Crippen LogP contribution in [-0.2, 0) is 9.05 Å². The molecule has 0 aromatic heterocycles. The molecule has 25 heavy (non-hydrogen) atoms. The molecule has 2 aromatic carbocycles. The fourth-order valence-electron chi connectivity index (χ4n) is 2.55. The Morgan fingerprint density at radius 3 is 2.24 bits per heavy atom. The van der Waals surface area contributed by atoms with E-state index in [1.54, 1.807) is 7.11 Å². The summed E-state index contributed by atoms with van der Waals surface area (Å²) >= 11 is 3.51. The second-order valence-corrected chi connectivity index (χ2v) is 8.79. The molecule has 0 saturated carbocycles. The molecule has 4 nitrogen and oxygen atoms in total. The lowest BCUT2D eigenvalue weighted by Crippen LogP contribution is -2.15. The molecule has 136 valence electrons. The highest BCUT2D eigenvalue weighted by Crippen LogP contribution is 2.60. The van der Waals surface area contributed by atoms with Gasteiger partial charge in [0.15, 0.2) is 0 Å². The molecule has 0 bridgehead atoms. The lowest BCUT2D eigenvalue weighted by molar-refractivity contribution is 0.260. The molecule has 0 aliphatic heterocycles. The lowest BCUT2D eigenvalue weighted by atomic mass is 10.2. The fraction of sp³-hybridized carbons (Fsp3) is 0.316. The van der Waals surface area contributed by atoms with E-state index in [0.29, 0.717) is 13.2 Å². The van der Waals surface area contributed by atoms with Gasteiger partial charge in [0.1, 0.15) is 18.9 Å². The van der Waals surface area contributed by atoms with Crippen molar-refractivity contribution < 1.29 is 13.8 Å². The van der Waals surface area contributed by atoms with Gasteiger partial charge in [-0.25, -0.2) is 0 Å². The molecule has 0 heterocycles. The number of rotatable bonds is 9. The quantitative estimate of drug-likeness (QED) is 0.506. The second-order valence-electron chi connectivity index (χ2n) is 5.39. The predicted molar refractivity (Wildman–Crippen MR) is 111 cm³/mol. The van der Waals surface area contributed by atoms with Crippen molar-refractivity contribution in [2.24, 2.45) is 0 Å². The molecular formula is C19H25BrNO3P. The van der Waals surface area contributed by atoms with E-state index in [9.17, 15) is 0 Å². The third kappa shape index (κ3) is 5.35. The first kappa shape index (κ1) is 20.1. The van der Waals surface area contributed by atoms with Crippen molar-refractivity contribution >= 4 is 35.3 Å². The minimum atomic E-state index is -2.42. The molecule has 0 saturated heterocycles. The van der Waals surface area contributed by atoms with Crippen LogP contribution in [0.4, 0.5) is 5.69 Å². The molecule has 0 aliphatic carbocycles. The number of halogens is 1. The molecule has 2 aromatic rings. The van der Waals surface area contributed by atoms with Gasteiger partial charge in [-0.15, -0.1) is 0 Å². The van der Waals surface area contributed by atoms with Crippen molar-refractivity contribution in [1.29, 1.82) is 0 Å². The van der Waals surface area contributed by atoms with Crippen LogP contribution in [0.2, 0.25) is 0 Å². The predicted octanol–water partition coefficient (Wildman–Crippen LogP) is 5.92. The number of ether oxygens (including phenoxy) is 1. The van der Waals surface area contributed by atoms with Crippen LogP contribution in [0, 0.1) is 0 Å². The zero-order chi connectivity index (χ0) is 18.3. The first-order valence-corrected chi connectivity index (χ1v) is 10.9. The molecule has 1 N–H and O–H groups in total. The summed E-state index contributed by atoms with van der Waals surface area (Å²) in [5.41, 5.74) is 2.02. The Kier molecular flexibility index (Phi) is 7.57. The van der Waals surface area contributed by atoms with Gasteiger partial charge in [-0.2, -0.15) is 0 Å². The molecule has 0 radical (unpaired) electrons. The highest BCUT2D eigenvalue weighted by atomic mass is 79.9. The first-order chi connectivity index (χ1) is 12.0. The van der Waals surface area contributed by atoms with Crippen LogP contribution >= 0.6 is 23.3 Å². The average molecular weight is 426 g/mol. The molecule has 1 unspecified atom stereocenters. The smallest absolute Gasteiger partial charge is 0.143 e. The summed E-state index contributed by atoms with van der Waals surface area (Å²) in [6.07, 6.45) is 4.35. The Bertz CT molecular complexity index is 711. The third-order valence-electron chi connectivity index (χ3n) is 3.65. The van der Waals surface area contributed by atoms with Crippen molar-refractivity contribution in [1.82, 2.24) is 0 Å². The van der Waals surface area contributed by atoms with Crippen LogP contribution in [-0.4, -0.2) is 26.6 Å². The van der Waals surface area contributed by atoms with Gasteiger partial charge in [-0.05, 0) is 56.0 Å². The summed E-state index contributed by atoms with van der Waals surface area (Å²) in [5.74, 6) is 0.623. The Balaban J connectivity index is 2.43. The van der Waals surface area contributed by atoms with E-state index < -0.39 is 7.34 Å². The van der Waals surface area contributed by atoms with Crippen LogP contribution in [0.25, 0.3) is 0 Å². The van der Waals surface area contributed by atoms with E-state index in [4.69, 9.17) is 13.8 Å². The highest BCUT2D eigenvalue weighted by Gasteiger charge is 2.29. The van der Waals surface area contributed by atoms with E-state index >= 15 is 0 Å². The summed E-state index contributed by atoms with van der Waals surface area (Å²) in [6, 6.07) is 15.9. The van der Waals surface area contributed by atoms with Gasteiger partial charge < -0.3 is 19.1 Å². The summed E-state index contributed by atoms with van der Waals surface area (Å²) < 4.78 is 18.3. The standard InChI is InChI=1S/C19H25BrNO3P/c1-5-23-25(4,24-6-2)19(15-10-12-18(22-3)13-11-15)21-17-9-7-8-16(20)14-17/h7-14,19,21H,4-6H2,1-3H3. The zero-order valence-corrected chi connectivity index (χ0v) is 17.3. The van der Waals surface area contributed by atoms with E-state index in [1.807, 2.05) is 62.4 Å². The molecule has 0 fully saturated rings. The maximum atomic E-state index is 6.02. The zero-order valence-electron chi connectivity index (χ0n) is 14.9. The molecular weight excluding hydrogens is 401 g/mol. The minimum Gasteiger partial charge on any atom is -0.497 e. The van der Waals surface area contributed by atoms with Crippen molar-refractivity contribution in [2.45, 2.75) is 19.6 Å². The average Bonchev–Trinajstić information content (AvgIpc) is 2.60. The summed E-state index contributed by atoms with van der Waals surface area (Å²) in [7, 11) is -0.765. The van der Waals surface area contributed by atoms with Gasteiger partial charge in [0, 0.05) is 10.2 Å². The number of anilines is 1. The Morgan fingerprint density at radius 2 is 1.72 bits per heavy atom. The number of nitrogens with one attached hydrogen (secondary N) is 1. The van der Waals surface area contributed by atoms with Crippen LogP contribution < -0.4 is 10.1 Å². The van der Waals surface area contributed by atoms with E-state index in [1.165, 1.54) is 0 Å². The first-order valence-electron chi connectivity index (χ1n) is 8.20. The van der Waals surface area contributed by atoms with Crippen LogP contribution in [0.3, 0.4) is 0 Å². The highest BCUT2D eigenvalue weighted by molar-refractivity contribution is 9.10. The molecule has 0 spiro atoms. The van der Waals surface area contributed by atoms with E-state index in [0.717, 1.165) is 21.5 Å². The SMILES string of the molecule is C=P(OCC)(OCC)C(Nc1cccc(Br)c1)c1ccc(OC)cc1. The van der Waals surface area contributed by atoms with Gasteiger partial charge >= 0.3 is 0 Å². The lowest BCUT2D eigenvalue weighted by Gasteiger charge is -2.33. The summed E-state index contributed by atoms with van der Waals surface area (Å²) in [5, 5.41) is 3.55. The molecule has 2 rings (SSSR count). The van der Waals surface area contributed by atoms with Crippen molar-refractivity contribution in [3.8, 4) is 5.75 Å². The largest absolute Gasteiger partial charge is 0.497 e. The molecule has 1 atom stereocenters. The van der Waals surface area contributed by atoms with Crippen LogP contribution in [0.15, 0.2) is 53.0 Å². The molecule has 0 aliphatic rings. The summed E-state index contributed by atoms with van der Waals surface area (Å²) in [4.78, 5) is 0. The summed E-state index contributed by atoms with van der Waals surface area (Å²) in [6.45, 7) is 5.01. The van der Waals surface area contributed by atoms with Crippen molar-refractivity contribution in [3.63, 3.8) is 0 Å². The normalized spacial score (nSPS) is 12.6. The fourth-order valence-corrected chi connectivity index (χ4v) is 5.17. The monoisotopic (exact) mass is 425 g/mol. The van der Waals surface area contributed by atoms with Crippen LogP contribution in [0.1, 0.15) is 25.2 Å². The second kappa shape index (κ2) is 9.44. The third-order valence-corrected chi connectivity index (χ3v) is 6.75. The topological polar surface area (TPSA) is 39.7 Å². The number of benzene rings is 2. The van der Waals surface area contributed by atoms with E-state index in [-0.39, 0.29) is 5.78 Å². The Hall–Kier alpha value is -1.26. The maximum Gasteiger partial charge on any atom is 0.143 e.